The number of anilines is 1. The highest BCUT2D eigenvalue weighted by molar-refractivity contribution is 7.16. The number of halogens is 3. The van der Waals surface area contributed by atoms with Crippen LogP contribution in [0.25, 0.3) is 0 Å². The third-order valence-corrected chi connectivity index (χ3v) is 3.42. The number of nitrogens with zero attached hydrogens (tertiary/aromatic N) is 1. The molecule has 1 atom stereocenters. The van der Waals surface area contributed by atoms with Gasteiger partial charge in [0.05, 0.1) is 6.04 Å². The van der Waals surface area contributed by atoms with Crippen molar-refractivity contribution in [1.82, 2.24) is 10.3 Å². The van der Waals surface area contributed by atoms with Crippen LogP contribution < -0.4 is 10.6 Å². The molecular formula is C9H8F3N3O3S. The van der Waals surface area contributed by atoms with Gasteiger partial charge in [-0.3, -0.25) is 4.79 Å². The zero-order chi connectivity index (χ0) is 14.2. The number of carboxylic acid groups (broad SMARTS) is 1. The number of nitrogens with one attached hydrogen (secondary N) is 2. The summed E-state index contributed by atoms with van der Waals surface area (Å²) in [5.74, 6) is -1.79. The van der Waals surface area contributed by atoms with Crippen LogP contribution in [0.5, 0.6) is 0 Å². The first kappa shape index (κ1) is 13.6. The summed E-state index contributed by atoms with van der Waals surface area (Å²) in [6.07, 6.45) is -4.61. The Morgan fingerprint density at radius 3 is 2.68 bits per heavy atom. The van der Waals surface area contributed by atoms with Crippen LogP contribution in [0.15, 0.2) is 0 Å². The van der Waals surface area contributed by atoms with E-state index in [0.29, 0.717) is 0 Å². The van der Waals surface area contributed by atoms with E-state index in [1.807, 2.05) is 0 Å². The molecule has 19 heavy (non-hydrogen) atoms. The van der Waals surface area contributed by atoms with E-state index in [2.05, 4.69) is 15.6 Å². The molecule has 1 saturated heterocycles. The normalized spacial score (nSPS) is 19.3. The van der Waals surface area contributed by atoms with Crippen LogP contribution >= 0.6 is 11.3 Å². The van der Waals surface area contributed by atoms with E-state index in [1.165, 1.54) is 0 Å². The Morgan fingerprint density at radius 1 is 1.53 bits per heavy atom. The lowest BCUT2D eigenvalue weighted by Crippen LogP contribution is -2.22. The summed E-state index contributed by atoms with van der Waals surface area (Å²) in [6, 6.07) is -0.438. The molecule has 0 aliphatic carbocycles. The largest absolute Gasteiger partial charge is 0.476 e. The molecule has 0 spiro atoms. The van der Waals surface area contributed by atoms with Crippen molar-refractivity contribution < 1.29 is 27.9 Å². The molecule has 0 radical (unpaired) electrons. The van der Waals surface area contributed by atoms with Crippen LogP contribution in [0.3, 0.4) is 0 Å². The Bertz CT molecular complexity index is 529. The highest BCUT2D eigenvalue weighted by Gasteiger charge is 2.37. The number of carboxylic acids is 1. The zero-order valence-corrected chi connectivity index (χ0v) is 10.1. The zero-order valence-electron chi connectivity index (χ0n) is 9.24. The van der Waals surface area contributed by atoms with E-state index in [1.54, 1.807) is 0 Å². The number of alkyl halides is 3. The number of thiazole rings is 1. The molecule has 0 aromatic carbocycles. The Hall–Kier alpha value is -1.84. The summed E-state index contributed by atoms with van der Waals surface area (Å²) in [4.78, 5) is 24.9. The van der Waals surface area contributed by atoms with Gasteiger partial charge < -0.3 is 15.7 Å². The Labute approximate surface area is 108 Å². The fourth-order valence-electron chi connectivity index (χ4n) is 1.58. The van der Waals surface area contributed by atoms with Gasteiger partial charge in [-0.05, 0) is 0 Å². The highest BCUT2D eigenvalue weighted by atomic mass is 32.1. The minimum absolute atomic E-state index is 0.0817. The van der Waals surface area contributed by atoms with Gasteiger partial charge >= 0.3 is 12.1 Å². The number of amides is 1. The van der Waals surface area contributed by atoms with Crippen molar-refractivity contribution in [2.24, 2.45) is 0 Å². The van der Waals surface area contributed by atoms with Crippen molar-refractivity contribution in [3.8, 4) is 0 Å². The molecule has 1 aromatic heterocycles. The van der Waals surface area contributed by atoms with Gasteiger partial charge in [0.2, 0.25) is 10.9 Å². The maximum Gasteiger partial charge on any atom is 0.443 e. The number of aromatic nitrogens is 1. The van der Waals surface area contributed by atoms with Crippen molar-refractivity contribution in [2.75, 3.05) is 11.9 Å². The summed E-state index contributed by atoms with van der Waals surface area (Å²) in [5.41, 5.74) is -0.684. The van der Waals surface area contributed by atoms with Gasteiger partial charge in [0.15, 0.2) is 5.69 Å². The van der Waals surface area contributed by atoms with E-state index in [4.69, 9.17) is 5.11 Å². The molecule has 1 aromatic rings. The van der Waals surface area contributed by atoms with Gasteiger partial charge in [0.25, 0.3) is 0 Å². The molecule has 1 fully saturated rings. The molecule has 2 rings (SSSR count). The monoisotopic (exact) mass is 295 g/mol. The van der Waals surface area contributed by atoms with Crippen LogP contribution in [-0.2, 0) is 11.0 Å². The minimum atomic E-state index is -4.70. The second-order valence-electron chi connectivity index (χ2n) is 3.85. The lowest BCUT2D eigenvalue weighted by atomic mass is 10.2. The fourth-order valence-corrected chi connectivity index (χ4v) is 2.48. The van der Waals surface area contributed by atoms with Crippen molar-refractivity contribution in [3.63, 3.8) is 0 Å². The van der Waals surface area contributed by atoms with E-state index < -0.39 is 28.9 Å². The van der Waals surface area contributed by atoms with Crippen molar-refractivity contribution >= 4 is 28.2 Å². The number of hydrogen-bond donors (Lipinski definition) is 3. The number of aromatic carboxylic acids is 1. The molecule has 1 aliphatic heterocycles. The molecule has 0 bridgehead atoms. The van der Waals surface area contributed by atoms with Crippen molar-refractivity contribution in [3.05, 3.63) is 10.7 Å². The molecule has 6 nitrogen and oxygen atoms in total. The summed E-state index contributed by atoms with van der Waals surface area (Å²) in [6.45, 7) is 0.233. The second-order valence-corrected chi connectivity index (χ2v) is 4.85. The maximum absolute atomic E-state index is 12.5. The predicted octanol–water partition coefficient (Wildman–Crippen LogP) is 1.16. The second kappa shape index (κ2) is 4.68. The van der Waals surface area contributed by atoms with Crippen molar-refractivity contribution in [1.29, 1.82) is 0 Å². The number of hydrogen-bond acceptors (Lipinski definition) is 5. The average molecular weight is 295 g/mol. The molecule has 1 aliphatic rings. The van der Waals surface area contributed by atoms with Gasteiger partial charge in [-0.15, -0.1) is 0 Å². The Morgan fingerprint density at radius 2 is 2.21 bits per heavy atom. The van der Waals surface area contributed by atoms with Gasteiger partial charge in [-0.25, -0.2) is 9.78 Å². The van der Waals surface area contributed by atoms with Gasteiger partial charge in [0, 0.05) is 13.0 Å². The van der Waals surface area contributed by atoms with Crippen LogP contribution in [0.1, 0.15) is 21.9 Å². The first-order valence-corrected chi connectivity index (χ1v) is 5.93. The lowest BCUT2D eigenvalue weighted by Gasteiger charge is -2.09. The molecule has 10 heteroatoms. The summed E-state index contributed by atoms with van der Waals surface area (Å²) in [7, 11) is 0. The smallest absolute Gasteiger partial charge is 0.443 e. The highest BCUT2D eigenvalue weighted by Crippen LogP contribution is 2.37. The van der Waals surface area contributed by atoms with Gasteiger partial charge in [-0.1, -0.05) is 11.3 Å². The van der Waals surface area contributed by atoms with E-state index in [9.17, 15) is 22.8 Å². The number of rotatable bonds is 3. The third kappa shape index (κ3) is 2.95. The van der Waals surface area contributed by atoms with E-state index in [0.717, 1.165) is 0 Å². The number of carbonyl (C=O) groups is 2. The van der Waals surface area contributed by atoms with Crippen molar-refractivity contribution in [2.45, 2.75) is 18.6 Å². The third-order valence-electron chi connectivity index (χ3n) is 2.38. The summed E-state index contributed by atoms with van der Waals surface area (Å²) in [5, 5.41) is 12.5. The SMILES string of the molecule is O=C1CC(Nc2sc(C(F)(F)F)nc2C(=O)O)CN1. The first-order chi connectivity index (χ1) is 8.77. The fraction of sp³-hybridized carbons (Fsp3) is 0.444. The number of carbonyl (C=O) groups excluding carboxylic acids is 1. The topological polar surface area (TPSA) is 91.3 Å². The Balaban J connectivity index is 2.25. The van der Waals surface area contributed by atoms with E-state index in [-0.39, 0.29) is 35.2 Å². The maximum atomic E-state index is 12.5. The quantitative estimate of drug-likeness (QED) is 0.778. The lowest BCUT2D eigenvalue weighted by molar-refractivity contribution is -0.137. The van der Waals surface area contributed by atoms with E-state index >= 15 is 0 Å². The minimum Gasteiger partial charge on any atom is -0.476 e. The van der Waals surface area contributed by atoms with Gasteiger partial charge in [-0.2, -0.15) is 13.2 Å². The Kier molecular flexibility index (Phi) is 3.35. The first-order valence-electron chi connectivity index (χ1n) is 5.12. The molecule has 3 N–H and O–H groups in total. The molecule has 2 heterocycles. The molecule has 104 valence electrons. The van der Waals surface area contributed by atoms with Crippen LogP contribution in [0.2, 0.25) is 0 Å². The van der Waals surface area contributed by atoms with Gasteiger partial charge in [0.1, 0.15) is 5.00 Å². The molecule has 0 saturated carbocycles. The molecular weight excluding hydrogens is 287 g/mol. The molecule has 1 unspecified atom stereocenters. The summed E-state index contributed by atoms with van der Waals surface area (Å²) < 4.78 is 37.4. The average Bonchev–Trinajstić information content (AvgIpc) is 2.85. The van der Waals surface area contributed by atoms with Crippen LogP contribution in [0, 0.1) is 0 Å². The predicted molar refractivity (Wildman–Crippen MR) is 59.1 cm³/mol. The summed E-state index contributed by atoms with van der Waals surface area (Å²) >= 11 is 0.216. The van der Waals surface area contributed by atoms with Crippen LogP contribution in [-0.4, -0.2) is 34.6 Å². The standard InChI is InChI=1S/C9H8F3N3O3S/c10-9(11,12)8-15-5(7(17)18)6(19-8)14-3-1-4(16)13-2-3/h3,14H,1-2H2,(H,13,16)(H,17,18). The molecule has 1 amide bonds. The van der Waals surface area contributed by atoms with Crippen LogP contribution in [0.4, 0.5) is 18.2 Å².